The maximum absolute atomic E-state index is 5.08. The summed E-state index contributed by atoms with van der Waals surface area (Å²) in [6.45, 7) is 0.501. The highest BCUT2D eigenvalue weighted by Gasteiger charge is 2.06. The molecule has 2 aromatic rings. The van der Waals surface area contributed by atoms with Gasteiger partial charge in [0.05, 0.1) is 24.3 Å². The van der Waals surface area contributed by atoms with Gasteiger partial charge in [0.1, 0.15) is 6.33 Å². The molecule has 2 rings (SSSR count). The molecule has 1 N–H and O–H groups in total. The summed E-state index contributed by atoms with van der Waals surface area (Å²) in [6, 6.07) is 0. The molecular weight excluding hydrogens is 288 g/mol. The van der Waals surface area contributed by atoms with Crippen molar-refractivity contribution in [1.29, 1.82) is 0 Å². The number of hydrogen-bond donors (Lipinski definition) is 1. The van der Waals surface area contributed by atoms with Gasteiger partial charge in [-0.3, -0.25) is 0 Å². The quantitative estimate of drug-likeness (QED) is 0.907. The number of methoxy groups -OCH3 is 1. The van der Waals surface area contributed by atoms with Gasteiger partial charge >= 0.3 is 0 Å². The molecule has 90 valence electrons. The van der Waals surface area contributed by atoms with E-state index in [0.717, 1.165) is 5.82 Å². The lowest BCUT2D eigenvalue weighted by Crippen LogP contribution is -2.08. The molecule has 0 saturated heterocycles. The van der Waals surface area contributed by atoms with Crippen LogP contribution in [-0.2, 0) is 13.6 Å². The maximum atomic E-state index is 5.08. The Kier molecular flexibility index (Phi) is 3.52. The molecule has 0 fully saturated rings. The van der Waals surface area contributed by atoms with Crippen LogP contribution in [0.5, 0.6) is 5.88 Å². The lowest BCUT2D eigenvalue weighted by molar-refractivity contribution is 0.394. The molecular formula is C9H11BrN6O. The van der Waals surface area contributed by atoms with Crippen LogP contribution in [0.4, 0.5) is 5.95 Å². The van der Waals surface area contributed by atoms with Crippen molar-refractivity contribution < 1.29 is 4.74 Å². The number of aromatic nitrogens is 5. The molecule has 0 aliphatic carbocycles. The molecule has 2 heterocycles. The fourth-order valence-electron chi connectivity index (χ4n) is 1.21. The number of nitrogens with one attached hydrogen (secondary N) is 1. The van der Waals surface area contributed by atoms with Crippen molar-refractivity contribution >= 4 is 21.9 Å². The number of hydrogen-bond acceptors (Lipinski definition) is 6. The van der Waals surface area contributed by atoms with Crippen LogP contribution in [0, 0.1) is 0 Å². The van der Waals surface area contributed by atoms with E-state index in [1.807, 2.05) is 11.6 Å². The molecule has 0 unspecified atom stereocenters. The zero-order chi connectivity index (χ0) is 12.3. The predicted octanol–water partition coefficient (Wildman–Crippen LogP) is 0.988. The molecule has 17 heavy (non-hydrogen) atoms. The fourth-order valence-corrected chi connectivity index (χ4v) is 1.56. The normalized spacial score (nSPS) is 10.3. The van der Waals surface area contributed by atoms with Gasteiger partial charge in [-0.1, -0.05) is 0 Å². The average Bonchev–Trinajstić information content (AvgIpc) is 2.74. The second-order valence-corrected chi connectivity index (χ2v) is 4.12. The Labute approximate surface area is 106 Å². The summed E-state index contributed by atoms with van der Waals surface area (Å²) >= 11 is 3.29. The smallest absolute Gasteiger partial charge is 0.232 e. The van der Waals surface area contributed by atoms with E-state index in [1.54, 1.807) is 19.6 Å². The molecule has 8 heteroatoms. The van der Waals surface area contributed by atoms with Crippen molar-refractivity contribution in [3.63, 3.8) is 0 Å². The summed E-state index contributed by atoms with van der Waals surface area (Å²) in [7, 11) is 3.43. The third kappa shape index (κ3) is 2.70. The lowest BCUT2D eigenvalue weighted by Gasteiger charge is -2.06. The van der Waals surface area contributed by atoms with Crippen LogP contribution in [0.15, 0.2) is 17.0 Å². The van der Waals surface area contributed by atoms with Gasteiger partial charge in [-0.15, -0.1) is 10.2 Å². The van der Waals surface area contributed by atoms with E-state index in [4.69, 9.17) is 4.74 Å². The molecule has 0 aliphatic rings. The number of anilines is 1. The highest BCUT2D eigenvalue weighted by Crippen LogP contribution is 2.21. The van der Waals surface area contributed by atoms with Crippen molar-refractivity contribution in [2.75, 3.05) is 12.4 Å². The first-order chi connectivity index (χ1) is 8.20. The van der Waals surface area contributed by atoms with Gasteiger partial charge in [-0.2, -0.15) is 4.98 Å². The van der Waals surface area contributed by atoms with Crippen molar-refractivity contribution in [2.45, 2.75) is 6.54 Å². The van der Waals surface area contributed by atoms with E-state index in [0.29, 0.717) is 22.8 Å². The fraction of sp³-hybridized carbons (Fsp3) is 0.333. The van der Waals surface area contributed by atoms with Crippen molar-refractivity contribution in [2.24, 2.45) is 7.05 Å². The van der Waals surface area contributed by atoms with Crippen LogP contribution < -0.4 is 10.1 Å². The third-order valence-corrected chi connectivity index (χ3v) is 2.66. The van der Waals surface area contributed by atoms with Gasteiger partial charge in [0.25, 0.3) is 0 Å². The van der Waals surface area contributed by atoms with Crippen LogP contribution in [0.2, 0.25) is 0 Å². The summed E-state index contributed by atoms with van der Waals surface area (Å²) in [6.07, 6.45) is 3.27. The Morgan fingerprint density at radius 2 is 2.35 bits per heavy atom. The number of halogens is 1. The monoisotopic (exact) mass is 298 g/mol. The van der Waals surface area contributed by atoms with Gasteiger partial charge in [0, 0.05) is 7.05 Å². The minimum atomic E-state index is 0.480. The van der Waals surface area contributed by atoms with Gasteiger partial charge in [0.2, 0.25) is 11.8 Å². The van der Waals surface area contributed by atoms with Crippen LogP contribution in [-0.4, -0.2) is 31.8 Å². The van der Waals surface area contributed by atoms with Gasteiger partial charge in [-0.05, 0) is 15.9 Å². The zero-order valence-corrected chi connectivity index (χ0v) is 11.0. The summed E-state index contributed by atoms with van der Waals surface area (Å²) in [5.74, 6) is 1.77. The molecule has 0 radical (unpaired) electrons. The van der Waals surface area contributed by atoms with E-state index >= 15 is 0 Å². The number of ether oxygens (including phenoxy) is 1. The minimum Gasteiger partial charge on any atom is -0.480 e. The second kappa shape index (κ2) is 5.09. The van der Waals surface area contributed by atoms with Crippen LogP contribution >= 0.6 is 15.9 Å². The highest BCUT2D eigenvalue weighted by molar-refractivity contribution is 9.10. The Balaban J connectivity index is 2.07. The van der Waals surface area contributed by atoms with E-state index in [9.17, 15) is 0 Å². The highest BCUT2D eigenvalue weighted by atomic mass is 79.9. The van der Waals surface area contributed by atoms with Gasteiger partial charge in [-0.25, -0.2) is 4.98 Å². The van der Waals surface area contributed by atoms with Crippen LogP contribution in [0.25, 0.3) is 0 Å². The SMILES string of the molecule is COc1nc(NCc2nncn2C)ncc1Br. The van der Waals surface area contributed by atoms with Crippen LogP contribution in [0.3, 0.4) is 0 Å². The Bertz CT molecular complexity index is 514. The summed E-state index contributed by atoms with van der Waals surface area (Å²) in [5, 5.41) is 10.8. The van der Waals surface area contributed by atoms with E-state index in [1.165, 1.54) is 0 Å². The van der Waals surface area contributed by atoms with E-state index < -0.39 is 0 Å². The molecule has 7 nitrogen and oxygen atoms in total. The first-order valence-corrected chi connectivity index (χ1v) is 5.63. The van der Waals surface area contributed by atoms with Gasteiger partial charge < -0.3 is 14.6 Å². The molecule has 0 saturated carbocycles. The molecule has 2 aromatic heterocycles. The zero-order valence-electron chi connectivity index (χ0n) is 9.38. The molecule has 0 aromatic carbocycles. The van der Waals surface area contributed by atoms with Crippen molar-refractivity contribution in [3.8, 4) is 5.88 Å². The Morgan fingerprint density at radius 3 is 3.00 bits per heavy atom. The summed E-state index contributed by atoms with van der Waals surface area (Å²) in [5.41, 5.74) is 0. The number of nitrogens with zero attached hydrogens (tertiary/aromatic N) is 5. The van der Waals surface area contributed by atoms with Gasteiger partial charge in [0.15, 0.2) is 5.82 Å². The molecule has 0 aliphatic heterocycles. The number of aryl methyl sites for hydroxylation is 1. The van der Waals surface area contributed by atoms with E-state index in [2.05, 4.69) is 41.4 Å². The standard InChI is InChI=1S/C9H11BrN6O/c1-16-5-13-15-7(16)4-12-9-11-3-6(10)8(14-9)17-2/h3,5H,4H2,1-2H3,(H,11,12,14). The first-order valence-electron chi connectivity index (χ1n) is 4.84. The topological polar surface area (TPSA) is 77.8 Å². The second-order valence-electron chi connectivity index (χ2n) is 3.26. The first kappa shape index (κ1) is 11.8. The summed E-state index contributed by atoms with van der Waals surface area (Å²) < 4.78 is 7.61. The Hall–Kier alpha value is -1.70. The largest absolute Gasteiger partial charge is 0.480 e. The van der Waals surface area contributed by atoms with Crippen molar-refractivity contribution in [3.05, 3.63) is 22.8 Å². The minimum absolute atomic E-state index is 0.480. The molecule has 0 atom stereocenters. The molecule has 0 amide bonds. The average molecular weight is 299 g/mol. The van der Waals surface area contributed by atoms with Crippen LogP contribution in [0.1, 0.15) is 5.82 Å². The molecule has 0 spiro atoms. The maximum Gasteiger partial charge on any atom is 0.232 e. The third-order valence-electron chi connectivity index (χ3n) is 2.12. The number of rotatable bonds is 4. The Morgan fingerprint density at radius 1 is 1.53 bits per heavy atom. The van der Waals surface area contributed by atoms with Crippen molar-refractivity contribution in [1.82, 2.24) is 24.7 Å². The summed E-state index contributed by atoms with van der Waals surface area (Å²) in [4.78, 5) is 8.28. The predicted molar refractivity (Wildman–Crippen MR) is 64.6 cm³/mol. The molecule has 0 bridgehead atoms. The lowest BCUT2D eigenvalue weighted by atomic mass is 10.5. The van der Waals surface area contributed by atoms with E-state index in [-0.39, 0.29) is 0 Å².